The number of H-pyrrole nitrogens is 1. The van der Waals surface area contributed by atoms with Gasteiger partial charge in [0, 0.05) is 29.6 Å². The zero-order chi connectivity index (χ0) is 22.5. The Labute approximate surface area is 185 Å². The molecule has 1 aliphatic rings. The lowest BCUT2D eigenvalue weighted by Gasteiger charge is -2.34. The first-order chi connectivity index (χ1) is 15.3. The highest BCUT2D eigenvalue weighted by Gasteiger charge is 2.36. The van der Waals surface area contributed by atoms with Crippen LogP contribution in [0.15, 0.2) is 30.5 Å². The first-order valence-corrected chi connectivity index (χ1v) is 10.8. The second-order valence-corrected chi connectivity index (χ2v) is 8.46. The molecular weight excluding hydrogens is 441 g/mol. The van der Waals surface area contributed by atoms with Gasteiger partial charge in [-0.2, -0.15) is 22.6 Å². The summed E-state index contributed by atoms with van der Waals surface area (Å²) in [5.74, 6) is 0.578. The molecule has 1 N–H and O–H groups in total. The predicted molar refractivity (Wildman–Crippen MR) is 116 cm³/mol. The molecule has 0 amide bonds. The highest BCUT2D eigenvalue weighted by molar-refractivity contribution is 7.14. The summed E-state index contributed by atoms with van der Waals surface area (Å²) in [6, 6.07) is 6.52. The van der Waals surface area contributed by atoms with Crippen molar-refractivity contribution in [1.82, 2.24) is 24.5 Å². The molecule has 0 spiro atoms. The Bertz CT molecular complexity index is 1280. The van der Waals surface area contributed by atoms with E-state index in [1.165, 1.54) is 12.1 Å². The van der Waals surface area contributed by atoms with Gasteiger partial charge in [0.1, 0.15) is 22.7 Å². The quantitative estimate of drug-likeness (QED) is 0.478. The van der Waals surface area contributed by atoms with E-state index in [1.807, 2.05) is 24.8 Å². The summed E-state index contributed by atoms with van der Waals surface area (Å²) in [6.07, 6.45) is -3.44. The Morgan fingerprint density at radius 3 is 2.81 bits per heavy atom. The number of alkyl halides is 3. The van der Waals surface area contributed by atoms with Gasteiger partial charge in [0.2, 0.25) is 0 Å². The van der Waals surface area contributed by atoms with Crippen molar-refractivity contribution >= 4 is 27.6 Å². The van der Waals surface area contributed by atoms with E-state index in [-0.39, 0.29) is 11.6 Å². The number of hydrogen-bond acceptors (Lipinski definition) is 7. The van der Waals surface area contributed by atoms with Crippen LogP contribution in [0.25, 0.3) is 32.7 Å². The number of anilines is 1. The number of aromatic nitrogens is 5. The van der Waals surface area contributed by atoms with Crippen LogP contribution in [0, 0.1) is 6.92 Å². The first kappa shape index (κ1) is 20.8. The van der Waals surface area contributed by atoms with Crippen molar-refractivity contribution in [3.63, 3.8) is 0 Å². The Balaban J connectivity index is 1.78. The second-order valence-electron chi connectivity index (χ2n) is 7.69. The second kappa shape index (κ2) is 7.82. The highest BCUT2D eigenvalue weighted by atomic mass is 32.1. The predicted octanol–water partition coefficient (Wildman–Crippen LogP) is 4.70. The van der Waals surface area contributed by atoms with Gasteiger partial charge in [0.15, 0.2) is 5.69 Å². The lowest BCUT2D eigenvalue weighted by molar-refractivity contribution is -0.140. The summed E-state index contributed by atoms with van der Waals surface area (Å²) in [5.41, 5.74) is 1.98. The van der Waals surface area contributed by atoms with Gasteiger partial charge in [-0.3, -0.25) is 10.1 Å². The monoisotopic (exact) mass is 460 g/mol. The van der Waals surface area contributed by atoms with Crippen molar-refractivity contribution in [3.8, 4) is 22.5 Å². The van der Waals surface area contributed by atoms with E-state index >= 15 is 0 Å². The molecule has 0 bridgehead atoms. The number of halogens is 3. The number of aryl methyl sites for hydroxylation is 1. The molecule has 0 saturated carbocycles. The first-order valence-electron chi connectivity index (χ1n) is 10.0. The van der Waals surface area contributed by atoms with Crippen LogP contribution >= 0.6 is 11.5 Å². The zero-order valence-corrected chi connectivity index (χ0v) is 18.1. The number of ether oxygens (including phenoxy) is 1. The van der Waals surface area contributed by atoms with Crippen molar-refractivity contribution in [1.29, 1.82) is 0 Å². The zero-order valence-electron chi connectivity index (χ0n) is 17.3. The maximum atomic E-state index is 13.8. The molecule has 1 saturated heterocycles. The highest BCUT2D eigenvalue weighted by Crippen LogP contribution is 2.42. The van der Waals surface area contributed by atoms with Gasteiger partial charge >= 0.3 is 6.18 Å². The van der Waals surface area contributed by atoms with Crippen molar-refractivity contribution < 1.29 is 17.9 Å². The van der Waals surface area contributed by atoms with Crippen LogP contribution in [-0.4, -0.2) is 50.3 Å². The lowest BCUT2D eigenvalue weighted by Crippen LogP contribution is -2.44. The molecule has 4 aromatic rings. The minimum atomic E-state index is -4.59. The topological polar surface area (TPSA) is 79.8 Å². The molecule has 0 aliphatic carbocycles. The number of fused-ring (bicyclic) bond motifs is 1. The van der Waals surface area contributed by atoms with Crippen LogP contribution in [0.4, 0.5) is 19.0 Å². The normalized spacial score (nSPS) is 17.3. The summed E-state index contributed by atoms with van der Waals surface area (Å²) in [6.45, 7) is 5.50. The van der Waals surface area contributed by atoms with E-state index in [0.29, 0.717) is 52.7 Å². The maximum absolute atomic E-state index is 13.8. The average molecular weight is 460 g/mol. The Hall–Kier alpha value is -3.05. The molecule has 1 fully saturated rings. The third-order valence-corrected chi connectivity index (χ3v) is 6.26. The Morgan fingerprint density at radius 2 is 2.09 bits per heavy atom. The SMILES string of the molecule is Cc1cc(-c2nsc3c(-c4cccnc4C(F)(F)F)cc(N4CCOC[C@H]4C)nc23)n[nH]1. The smallest absolute Gasteiger partial charge is 0.377 e. The molecule has 11 heteroatoms. The molecule has 0 radical (unpaired) electrons. The fraction of sp³-hybridized carbons (Fsp3) is 0.333. The molecule has 5 rings (SSSR count). The fourth-order valence-corrected chi connectivity index (χ4v) is 4.74. The van der Waals surface area contributed by atoms with Gasteiger partial charge in [-0.1, -0.05) is 6.07 Å². The molecule has 166 valence electrons. The number of rotatable bonds is 3. The van der Waals surface area contributed by atoms with Crippen LogP contribution in [0.5, 0.6) is 0 Å². The summed E-state index contributed by atoms with van der Waals surface area (Å²) in [7, 11) is 0. The van der Waals surface area contributed by atoms with E-state index in [2.05, 4.69) is 19.6 Å². The number of pyridine rings is 2. The van der Waals surface area contributed by atoms with Crippen molar-refractivity contribution in [2.24, 2.45) is 0 Å². The van der Waals surface area contributed by atoms with Crippen LogP contribution in [0.2, 0.25) is 0 Å². The van der Waals surface area contributed by atoms with Gasteiger partial charge in [-0.15, -0.1) is 0 Å². The van der Waals surface area contributed by atoms with E-state index < -0.39 is 11.9 Å². The lowest BCUT2D eigenvalue weighted by atomic mass is 10.0. The van der Waals surface area contributed by atoms with Gasteiger partial charge in [0.25, 0.3) is 0 Å². The van der Waals surface area contributed by atoms with Crippen LogP contribution in [-0.2, 0) is 10.9 Å². The summed E-state index contributed by atoms with van der Waals surface area (Å²) >= 11 is 1.11. The summed E-state index contributed by atoms with van der Waals surface area (Å²) in [4.78, 5) is 10.5. The summed E-state index contributed by atoms with van der Waals surface area (Å²) < 4.78 is 52.0. The van der Waals surface area contributed by atoms with Crippen molar-refractivity contribution in [2.45, 2.75) is 26.1 Å². The number of aromatic amines is 1. The van der Waals surface area contributed by atoms with E-state index in [0.717, 1.165) is 23.4 Å². The largest absolute Gasteiger partial charge is 0.433 e. The van der Waals surface area contributed by atoms with Gasteiger partial charge in [-0.05, 0) is 43.6 Å². The third kappa shape index (κ3) is 3.61. The maximum Gasteiger partial charge on any atom is 0.433 e. The Kier molecular flexibility index (Phi) is 5.09. The molecule has 1 atom stereocenters. The van der Waals surface area contributed by atoms with Crippen molar-refractivity contribution in [3.05, 3.63) is 41.9 Å². The van der Waals surface area contributed by atoms with Gasteiger partial charge in [0.05, 0.1) is 24.0 Å². The van der Waals surface area contributed by atoms with E-state index in [1.54, 1.807) is 6.07 Å². The summed E-state index contributed by atoms with van der Waals surface area (Å²) in [5, 5.41) is 7.16. The molecule has 1 aliphatic heterocycles. The minimum absolute atomic E-state index is 0.00275. The van der Waals surface area contributed by atoms with Crippen LogP contribution in [0.3, 0.4) is 0 Å². The van der Waals surface area contributed by atoms with Gasteiger partial charge in [-0.25, -0.2) is 4.98 Å². The molecule has 5 heterocycles. The van der Waals surface area contributed by atoms with Gasteiger partial charge < -0.3 is 9.64 Å². The molecule has 4 aromatic heterocycles. The molecule has 0 unspecified atom stereocenters. The minimum Gasteiger partial charge on any atom is -0.377 e. The van der Waals surface area contributed by atoms with E-state index in [9.17, 15) is 13.2 Å². The number of nitrogens with zero attached hydrogens (tertiary/aromatic N) is 5. The number of morpholine rings is 1. The third-order valence-electron chi connectivity index (χ3n) is 5.39. The fourth-order valence-electron chi connectivity index (χ4n) is 3.88. The van der Waals surface area contributed by atoms with E-state index in [4.69, 9.17) is 9.72 Å². The molecule has 32 heavy (non-hydrogen) atoms. The number of nitrogens with one attached hydrogen (secondary N) is 1. The standard InChI is InChI=1S/C21H19F3N6OS/c1-11-8-15(28-27-11)17-18-19(32-29-17)14(13-4-3-5-25-20(13)21(22,23)24)9-16(26-18)30-6-7-31-10-12(30)2/h3-5,8-9,12H,6-7,10H2,1-2H3,(H,27,28)/t12-/m1/s1. The Morgan fingerprint density at radius 1 is 1.25 bits per heavy atom. The molecule has 0 aromatic carbocycles. The van der Waals surface area contributed by atoms with Crippen LogP contribution in [0.1, 0.15) is 18.3 Å². The average Bonchev–Trinajstić information content (AvgIpc) is 3.38. The molecular formula is C21H19F3N6OS. The number of hydrogen-bond donors (Lipinski definition) is 1. The van der Waals surface area contributed by atoms with Crippen LogP contribution < -0.4 is 4.90 Å². The molecule has 7 nitrogen and oxygen atoms in total. The van der Waals surface area contributed by atoms with Crippen molar-refractivity contribution in [2.75, 3.05) is 24.7 Å².